The number of hydrogen-bond acceptors (Lipinski definition) is 24. The molecule has 0 saturated heterocycles. The first kappa shape index (κ1) is 37.9. The first-order valence-electron chi connectivity index (χ1n) is 48.9. The molecular formula is C72H104N8O16. The number of aromatic hydroxyl groups is 8. The zero-order valence-corrected chi connectivity index (χ0v) is 52.3. The number of aliphatic hydroxyl groups is 8. The smallest absolute Gasteiger partial charge is 0.115 e. The molecule has 0 heterocycles. The van der Waals surface area contributed by atoms with Crippen LogP contribution in [0.2, 0.25) is 0 Å². The molecule has 0 radical (unpaired) electrons. The molecule has 528 valence electrons. The lowest BCUT2D eigenvalue weighted by atomic mass is 10.1. The van der Waals surface area contributed by atoms with Crippen molar-refractivity contribution in [2.45, 2.75) is 48.7 Å². The van der Waals surface area contributed by atoms with Crippen LogP contribution < -0.4 is 42.5 Å². The van der Waals surface area contributed by atoms with Gasteiger partial charge in [-0.3, -0.25) is 0 Å². The molecule has 24 nitrogen and oxygen atoms in total. The fourth-order valence-corrected chi connectivity index (χ4v) is 5.74. The number of phenols is 8. The second-order valence-electron chi connectivity index (χ2n) is 17.1. The van der Waals surface area contributed by atoms with Gasteiger partial charge in [0.2, 0.25) is 0 Å². The summed E-state index contributed by atoms with van der Waals surface area (Å²) in [6, 6.07) is -20.9. The Morgan fingerprint density at radius 1 is 0.250 bits per heavy atom. The van der Waals surface area contributed by atoms with Crippen LogP contribution in [0.5, 0.6) is 46.0 Å². The van der Waals surface area contributed by atoms with E-state index in [4.69, 9.17) is 60.3 Å². The Hall–Kier alpha value is -8.48. The molecule has 24 heteroatoms. The predicted octanol–water partition coefficient (Wildman–Crippen LogP) is 5.16. The fourth-order valence-electron chi connectivity index (χ4n) is 5.74. The lowest BCUT2D eigenvalue weighted by molar-refractivity contribution is 0.177. The molecule has 0 aliphatic carbocycles. The summed E-state index contributed by atoms with van der Waals surface area (Å²) in [5.41, 5.74) is -4.01. The van der Waals surface area contributed by atoms with E-state index >= 15 is 0 Å². The van der Waals surface area contributed by atoms with Crippen molar-refractivity contribution in [3.05, 3.63) is 238 Å². The van der Waals surface area contributed by atoms with E-state index in [1.165, 1.54) is 28.2 Å². The molecule has 0 spiro atoms. The molecule has 0 aromatic heterocycles. The molecule has 0 amide bonds. The molecular weight excluding hydrogens is 1230 g/mol. The monoisotopic (exact) mass is 1380 g/mol. The lowest BCUT2D eigenvalue weighted by Crippen LogP contribution is -2.16. The Labute approximate surface area is 626 Å². The average molecular weight is 1380 g/mol. The summed E-state index contributed by atoms with van der Waals surface area (Å²) in [4.78, 5) is 0. The summed E-state index contributed by atoms with van der Waals surface area (Å²) in [6.07, 6.45) is -16.9. The van der Waals surface area contributed by atoms with Crippen LogP contribution >= 0.6 is 0 Å². The number of hydrogen-bond donors (Lipinski definition) is 24. The van der Waals surface area contributed by atoms with Crippen molar-refractivity contribution in [1.29, 1.82) is 0 Å². The highest BCUT2D eigenvalue weighted by molar-refractivity contribution is 5.34. The van der Waals surface area contributed by atoms with E-state index in [-0.39, 0.29) is 37.3 Å². The van der Waals surface area contributed by atoms with Crippen molar-refractivity contribution < 1.29 is 142 Å². The molecule has 8 aromatic rings. The van der Waals surface area contributed by atoms with E-state index in [2.05, 4.69) is 31.9 Å². The number of likely N-dealkylation sites (N-methyl/N-ethyl adjacent to an activating group) is 8. The first-order valence-corrected chi connectivity index (χ1v) is 26.9. The van der Waals surface area contributed by atoms with E-state index < -0.39 is 347 Å². The summed E-state index contributed by atoms with van der Waals surface area (Å²) in [6.45, 7) is -10.4. The van der Waals surface area contributed by atoms with Crippen LogP contribution in [0.3, 0.4) is 0 Å². The van der Waals surface area contributed by atoms with Gasteiger partial charge < -0.3 is 124 Å². The third kappa shape index (κ3) is 37.6. The van der Waals surface area contributed by atoms with Crippen LogP contribution in [-0.4, -0.2) is 190 Å². The Morgan fingerprint density at radius 3 is 0.625 bits per heavy atom. The number of phenolic OH excluding ortho intramolecular Hbond substituents is 8. The predicted molar refractivity (Wildman–Crippen MR) is 376 cm³/mol. The van der Waals surface area contributed by atoms with Gasteiger partial charge in [0.15, 0.2) is 0 Å². The highest BCUT2D eigenvalue weighted by atomic mass is 16.3. The maximum Gasteiger partial charge on any atom is 0.115 e. The van der Waals surface area contributed by atoms with Gasteiger partial charge in [-0.15, -0.1) is 0 Å². The Morgan fingerprint density at radius 2 is 0.427 bits per heavy atom. The normalized spacial score (nSPS) is 21.2. The largest absolute Gasteiger partial charge is 0.508 e. The molecule has 8 aromatic carbocycles. The van der Waals surface area contributed by atoms with E-state index in [0.717, 1.165) is 14.1 Å². The molecule has 0 bridgehead atoms. The van der Waals surface area contributed by atoms with E-state index in [0.29, 0.717) is 0 Å². The van der Waals surface area contributed by atoms with Crippen LogP contribution in [-0.2, 0) is 0 Å². The molecule has 8 atom stereocenters. The topological polar surface area (TPSA) is 420 Å². The molecule has 96 heavy (non-hydrogen) atoms. The molecule has 4 unspecified atom stereocenters. The lowest BCUT2D eigenvalue weighted by Gasteiger charge is -2.09. The summed E-state index contributed by atoms with van der Waals surface area (Å²) in [5, 5.41) is 173. The van der Waals surface area contributed by atoms with Gasteiger partial charge >= 0.3 is 0 Å². The second kappa shape index (κ2) is 50.9. The van der Waals surface area contributed by atoms with Crippen LogP contribution in [0, 0.1) is 0 Å². The minimum absolute atomic E-state index is 0.105. The van der Waals surface area contributed by atoms with E-state index in [1.54, 1.807) is 14.1 Å². The third-order valence-electron chi connectivity index (χ3n) is 9.77. The zero-order chi connectivity index (χ0) is 111. The van der Waals surface area contributed by atoms with Gasteiger partial charge in [-0.2, -0.15) is 0 Å². The molecule has 24 N–H and O–H groups in total. The van der Waals surface area contributed by atoms with Gasteiger partial charge in [0.05, 0.1) is 98.1 Å². The number of rotatable bonds is 24. The van der Waals surface area contributed by atoms with E-state index in [1.807, 2.05) is 10.6 Å². The molecule has 0 aliphatic heterocycles. The molecule has 0 saturated carbocycles. The number of aliphatic hydroxyl groups excluding tert-OH is 4. The van der Waals surface area contributed by atoms with Gasteiger partial charge in [-0.25, -0.2) is 0 Å². The summed E-state index contributed by atoms with van der Waals surface area (Å²) in [5.74, 6) is -6.61. The first-order chi connectivity index (χ1) is 63.6. The maximum atomic E-state index is 9.95. The average Bonchev–Trinajstić information content (AvgIpc) is 0.751. The van der Waals surface area contributed by atoms with Crippen LogP contribution in [0.25, 0.3) is 0 Å². The Kier molecular flexibility index (Phi) is 20.1. The summed E-state index contributed by atoms with van der Waals surface area (Å²) in [7, 11) is 10.9. The summed E-state index contributed by atoms with van der Waals surface area (Å²) >= 11 is 0. The maximum absolute atomic E-state index is 9.95. The van der Waals surface area contributed by atoms with Crippen LogP contribution in [0.15, 0.2) is 193 Å². The van der Waals surface area contributed by atoms with Gasteiger partial charge in [-0.1, -0.05) is 96.7 Å². The van der Waals surface area contributed by atoms with Gasteiger partial charge in [0, 0.05) is 63.1 Å². The fraction of sp³-hybridized carbons (Fsp3) is 0.333. The highest BCUT2D eigenvalue weighted by Crippen LogP contribution is 2.23. The Balaban J connectivity index is 0.000000801. The van der Waals surface area contributed by atoms with Crippen LogP contribution in [0.1, 0.15) is 154 Å². The molecule has 0 fully saturated rings. The quantitative estimate of drug-likeness (QED) is 0.0371. The van der Waals surface area contributed by atoms with Crippen molar-refractivity contribution in [3.63, 3.8) is 0 Å². The van der Waals surface area contributed by atoms with Crippen molar-refractivity contribution in [3.8, 4) is 46.0 Å². The van der Waals surface area contributed by atoms with Gasteiger partial charge in [0.25, 0.3) is 0 Å². The van der Waals surface area contributed by atoms with Crippen molar-refractivity contribution in [2.24, 2.45) is 0 Å². The van der Waals surface area contributed by atoms with Gasteiger partial charge in [0.1, 0.15) is 46.0 Å². The standard InChI is InChI=1S/8C9H13NO2/c8*1-10-6-9(12)7-3-2-4-8(11)5-7/h8*2-5,9-12H,6H2,1H3/t4*9-;;;;/m0000..../s1/i2D,3D,4D,5D,6D2,9D;2D,3D,4D,5D,9D;2D,3D,4D,5D,6D2;2D,3D,4D,5D;2D,3D,4D,5D,6D2,9D;2D,3D,4D,5D,9D;2D,3D,4D,5D,6D2;2D,3D,4D,5D. The van der Waals surface area contributed by atoms with Crippen molar-refractivity contribution in [1.82, 2.24) is 42.5 Å². The van der Waals surface area contributed by atoms with E-state index in [9.17, 15) is 81.7 Å². The number of nitrogens with one attached hydrogen (secondary N) is 8. The third-order valence-corrected chi connectivity index (χ3v) is 9.77. The minimum Gasteiger partial charge on any atom is -0.508 e. The second-order valence-corrected chi connectivity index (χ2v) is 17.1. The minimum atomic E-state index is -3.07. The molecule has 8 rings (SSSR count). The zero-order valence-electron chi connectivity index (χ0n) is 96.3. The number of benzene rings is 8. The molecule has 0 aliphatic rings. The van der Waals surface area contributed by atoms with Crippen molar-refractivity contribution >= 4 is 0 Å². The Bertz CT molecular complexity index is 5190. The SMILES string of the molecule is [2H]c1c([2H])c(O)c([2H])c(C(O)C([2H])([2H])NC)c1[2H].[2H]c1c([2H])c(O)c([2H])c(C(O)CNC)c1[2H].[2H]c1c([2H])c(O)c([2H])c(C([2H])(O)C([2H])([2H])NC)c1[2H].[2H]c1c([2H])c(O)c([2H])c(C([2H])(O)CNC)c1[2H].[2H]c1c([2H])c(O)c([2H])c([C@@H](O)C([2H])([2H])NC)c1[2H].[2H]c1c([2H])c(O)c([2H])c([C@@H](O)CNC)c1[2H].[2H]c1c([2H])c(O)c([2H])c([C@@]([2H])(O)C([2H])([2H])NC)c1[2H].[2H]c1c([2H])c(O)c([2H])c([C@@]([2H])(O)CNC)c1[2H]. The van der Waals surface area contributed by atoms with Crippen LogP contribution in [0.4, 0.5) is 0 Å². The van der Waals surface area contributed by atoms with Gasteiger partial charge in [-0.05, 0) is 198 Å². The van der Waals surface area contributed by atoms with Crippen molar-refractivity contribution in [2.75, 3.05) is 109 Å². The summed E-state index contributed by atoms with van der Waals surface area (Å²) < 4.78 is 328. The highest BCUT2D eigenvalue weighted by Gasteiger charge is 2.12.